The van der Waals surface area contributed by atoms with E-state index in [2.05, 4.69) is 34.3 Å². The molecule has 0 bridgehead atoms. The second kappa shape index (κ2) is 8.45. The molecule has 0 unspecified atom stereocenters. The van der Waals surface area contributed by atoms with Gasteiger partial charge in [0.1, 0.15) is 5.82 Å². The Morgan fingerprint density at radius 1 is 1.07 bits per heavy atom. The maximum atomic E-state index is 13.0. The smallest absolute Gasteiger partial charge is 0.259 e. The van der Waals surface area contributed by atoms with Crippen molar-refractivity contribution >= 4 is 17.7 Å². The number of aryl methyl sites for hydroxylation is 1. The maximum absolute atomic E-state index is 13.0. The molecule has 0 saturated carbocycles. The highest BCUT2D eigenvalue weighted by atomic mass is 16.2. The fourth-order valence-electron chi connectivity index (χ4n) is 2.96. The first-order chi connectivity index (χ1) is 13.1. The molecular formula is C22H24N4O. The van der Waals surface area contributed by atoms with Crippen LogP contribution in [0.15, 0.2) is 66.9 Å². The minimum Gasteiger partial charge on any atom is -0.348 e. The zero-order chi connectivity index (χ0) is 19.2. The summed E-state index contributed by atoms with van der Waals surface area (Å²) in [7, 11) is 0. The Morgan fingerprint density at radius 2 is 1.78 bits per heavy atom. The Balaban J connectivity index is 1.83. The first-order valence-corrected chi connectivity index (χ1v) is 9.12. The summed E-state index contributed by atoms with van der Waals surface area (Å²) in [6.07, 6.45) is 1.68. The van der Waals surface area contributed by atoms with Gasteiger partial charge in [0.25, 0.3) is 5.91 Å². The van der Waals surface area contributed by atoms with Crippen LogP contribution in [-0.2, 0) is 0 Å². The van der Waals surface area contributed by atoms with Crippen LogP contribution in [-0.4, -0.2) is 22.4 Å². The van der Waals surface area contributed by atoms with Crippen LogP contribution < -0.4 is 10.2 Å². The van der Waals surface area contributed by atoms with Gasteiger partial charge in [-0.15, -0.1) is 0 Å². The average molecular weight is 360 g/mol. The van der Waals surface area contributed by atoms with Gasteiger partial charge in [0.2, 0.25) is 5.95 Å². The van der Waals surface area contributed by atoms with E-state index in [1.54, 1.807) is 17.2 Å². The molecule has 0 spiro atoms. The normalized spacial score (nSPS) is 11.7. The molecule has 1 heterocycles. The summed E-state index contributed by atoms with van der Waals surface area (Å²) in [5, 5.41) is 3.31. The largest absolute Gasteiger partial charge is 0.348 e. The number of hydrogen-bond donors (Lipinski definition) is 1. The quantitative estimate of drug-likeness (QED) is 0.696. The summed E-state index contributed by atoms with van der Waals surface area (Å²) in [6.45, 7) is 6.47. The van der Waals surface area contributed by atoms with Gasteiger partial charge in [-0.05, 0) is 44.0 Å². The molecule has 27 heavy (non-hydrogen) atoms. The zero-order valence-electron chi connectivity index (χ0n) is 15.9. The predicted octanol–water partition coefficient (Wildman–Crippen LogP) is 4.62. The lowest BCUT2D eigenvalue weighted by Gasteiger charge is -2.22. The minimum atomic E-state index is -0.0589. The first-order valence-electron chi connectivity index (χ1n) is 9.12. The lowest BCUT2D eigenvalue weighted by atomic mass is 10.1. The number of anilines is 2. The highest BCUT2D eigenvalue weighted by Gasteiger charge is 2.19. The minimum absolute atomic E-state index is 0.0589. The zero-order valence-corrected chi connectivity index (χ0v) is 15.9. The number of carbonyl (C=O) groups excluding carboxylic acids is 1. The Labute approximate surface area is 160 Å². The topological polar surface area (TPSA) is 58.1 Å². The van der Waals surface area contributed by atoms with Gasteiger partial charge in [0.05, 0.1) is 6.04 Å². The molecule has 2 aromatic carbocycles. The van der Waals surface area contributed by atoms with Gasteiger partial charge in [-0.3, -0.25) is 9.69 Å². The van der Waals surface area contributed by atoms with Gasteiger partial charge in [0.15, 0.2) is 0 Å². The maximum Gasteiger partial charge on any atom is 0.259 e. The monoisotopic (exact) mass is 360 g/mol. The van der Waals surface area contributed by atoms with Crippen molar-refractivity contribution in [2.45, 2.75) is 26.8 Å². The van der Waals surface area contributed by atoms with Crippen molar-refractivity contribution in [2.24, 2.45) is 0 Å². The van der Waals surface area contributed by atoms with E-state index in [9.17, 15) is 4.79 Å². The Morgan fingerprint density at radius 3 is 2.48 bits per heavy atom. The summed E-state index contributed by atoms with van der Waals surface area (Å²) >= 11 is 0. The molecule has 5 heteroatoms. The van der Waals surface area contributed by atoms with Crippen LogP contribution >= 0.6 is 0 Å². The van der Waals surface area contributed by atoms with Crippen LogP contribution in [0.3, 0.4) is 0 Å². The van der Waals surface area contributed by atoms with Gasteiger partial charge >= 0.3 is 0 Å². The fourth-order valence-corrected chi connectivity index (χ4v) is 2.96. The number of nitrogens with one attached hydrogen (secondary N) is 1. The number of nitrogens with zero attached hydrogens (tertiary/aromatic N) is 3. The summed E-state index contributed by atoms with van der Waals surface area (Å²) < 4.78 is 0. The van der Waals surface area contributed by atoms with Crippen molar-refractivity contribution < 1.29 is 4.79 Å². The Bertz CT molecular complexity index is 911. The van der Waals surface area contributed by atoms with E-state index in [-0.39, 0.29) is 11.9 Å². The molecule has 0 fully saturated rings. The molecule has 1 N–H and O–H groups in total. The predicted molar refractivity (Wildman–Crippen MR) is 109 cm³/mol. The highest BCUT2D eigenvalue weighted by Crippen LogP contribution is 2.20. The number of benzene rings is 2. The van der Waals surface area contributed by atoms with Gasteiger partial charge in [-0.25, -0.2) is 4.98 Å². The third kappa shape index (κ3) is 4.31. The molecule has 3 rings (SSSR count). The van der Waals surface area contributed by atoms with Crippen molar-refractivity contribution in [1.29, 1.82) is 0 Å². The lowest BCUT2D eigenvalue weighted by molar-refractivity contribution is 0.0987. The molecule has 1 amide bonds. The molecule has 138 valence electrons. The molecule has 5 nitrogen and oxygen atoms in total. The van der Waals surface area contributed by atoms with Crippen LogP contribution in [0.5, 0.6) is 0 Å². The summed E-state index contributed by atoms with van der Waals surface area (Å²) in [5.74, 6) is 1.03. The van der Waals surface area contributed by atoms with Gasteiger partial charge in [0, 0.05) is 18.3 Å². The summed E-state index contributed by atoms with van der Waals surface area (Å²) in [6, 6.07) is 19.5. The first kappa shape index (κ1) is 18.6. The standard InChI is InChI=1S/C22H24N4O/c1-4-26(21(27)19-13-9-8-10-16(19)2)20-14-15-23-22(25-20)24-17(3)18-11-6-5-7-12-18/h5-15,17H,4H2,1-3H3,(H,23,24,25)/t17-/m0/s1. The number of hydrogen-bond acceptors (Lipinski definition) is 4. The summed E-state index contributed by atoms with van der Waals surface area (Å²) in [5.41, 5.74) is 2.78. The highest BCUT2D eigenvalue weighted by molar-refractivity contribution is 6.06. The third-order valence-corrected chi connectivity index (χ3v) is 4.50. The molecule has 1 atom stereocenters. The molecule has 0 saturated heterocycles. The van der Waals surface area contributed by atoms with Crippen LogP contribution in [0.25, 0.3) is 0 Å². The number of aromatic nitrogens is 2. The van der Waals surface area contributed by atoms with E-state index < -0.39 is 0 Å². The number of amides is 1. The van der Waals surface area contributed by atoms with E-state index in [4.69, 9.17) is 0 Å². The fraction of sp³-hybridized carbons (Fsp3) is 0.227. The van der Waals surface area contributed by atoms with Crippen molar-refractivity contribution in [2.75, 3.05) is 16.8 Å². The van der Waals surface area contributed by atoms with Gasteiger partial charge in [-0.1, -0.05) is 48.5 Å². The summed E-state index contributed by atoms with van der Waals surface area (Å²) in [4.78, 5) is 23.5. The molecule has 1 aromatic heterocycles. The van der Waals surface area contributed by atoms with Crippen molar-refractivity contribution in [3.63, 3.8) is 0 Å². The SMILES string of the molecule is CCN(C(=O)c1ccccc1C)c1ccnc(N[C@@H](C)c2ccccc2)n1. The van der Waals surface area contributed by atoms with Crippen LogP contribution in [0.4, 0.5) is 11.8 Å². The van der Waals surface area contributed by atoms with Crippen LogP contribution in [0, 0.1) is 6.92 Å². The molecule has 0 aliphatic carbocycles. The Kier molecular flexibility index (Phi) is 5.81. The van der Waals surface area contributed by atoms with Crippen molar-refractivity contribution in [1.82, 2.24) is 9.97 Å². The van der Waals surface area contributed by atoms with E-state index in [0.29, 0.717) is 23.9 Å². The Hall–Kier alpha value is -3.21. The lowest BCUT2D eigenvalue weighted by Crippen LogP contribution is -2.32. The van der Waals surface area contributed by atoms with E-state index in [1.165, 1.54) is 0 Å². The van der Waals surface area contributed by atoms with E-state index in [1.807, 2.05) is 56.3 Å². The third-order valence-electron chi connectivity index (χ3n) is 4.50. The molecule has 0 aliphatic heterocycles. The molecular weight excluding hydrogens is 336 g/mol. The number of carbonyl (C=O) groups is 1. The number of rotatable bonds is 6. The molecule has 3 aromatic rings. The molecule has 0 radical (unpaired) electrons. The van der Waals surface area contributed by atoms with E-state index in [0.717, 1.165) is 11.1 Å². The van der Waals surface area contributed by atoms with E-state index >= 15 is 0 Å². The van der Waals surface area contributed by atoms with Crippen LogP contribution in [0.2, 0.25) is 0 Å². The second-order valence-corrected chi connectivity index (χ2v) is 6.38. The van der Waals surface area contributed by atoms with Crippen LogP contribution in [0.1, 0.15) is 41.4 Å². The average Bonchev–Trinajstić information content (AvgIpc) is 2.70. The van der Waals surface area contributed by atoms with Gasteiger partial charge in [-0.2, -0.15) is 4.98 Å². The van der Waals surface area contributed by atoms with Gasteiger partial charge < -0.3 is 5.32 Å². The molecule has 0 aliphatic rings. The second-order valence-electron chi connectivity index (χ2n) is 6.38. The van der Waals surface area contributed by atoms with Crippen molar-refractivity contribution in [3.05, 3.63) is 83.6 Å². The van der Waals surface area contributed by atoms with Crippen molar-refractivity contribution in [3.8, 4) is 0 Å².